The summed E-state index contributed by atoms with van der Waals surface area (Å²) in [6.45, 7) is -0.210. The van der Waals surface area contributed by atoms with Crippen molar-refractivity contribution in [2.75, 3.05) is 6.54 Å². The zero-order chi connectivity index (χ0) is 11.6. The van der Waals surface area contributed by atoms with Crippen LogP contribution in [0.25, 0.3) is 0 Å². The number of phenolic OH excluding ortho intramolecular Hbond substituents is 1. The lowest BCUT2D eigenvalue weighted by Crippen LogP contribution is -2.21. The summed E-state index contributed by atoms with van der Waals surface area (Å²) in [5, 5.41) is 18.3. The van der Waals surface area contributed by atoms with Gasteiger partial charge < -0.3 is 15.9 Å². The fourth-order valence-corrected chi connectivity index (χ4v) is 1.66. The van der Waals surface area contributed by atoms with Gasteiger partial charge in [-0.15, -0.1) is 0 Å². The van der Waals surface area contributed by atoms with Crippen molar-refractivity contribution in [1.29, 1.82) is 0 Å². The molecular weight excluding hydrogens is 269 g/mol. The molecule has 1 aromatic rings. The van der Waals surface area contributed by atoms with Crippen LogP contribution in [0.5, 0.6) is 5.75 Å². The minimum absolute atomic E-state index is 0.0307. The van der Waals surface area contributed by atoms with Gasteiger partial charge >= 0.3 is 5.97 Å². The van der Waals surface area contributed by atoms with Gasteiger partial charge in [0.2, 0.25) is 0 Å². The minimum Gasteiger partial charge on any atom is -0.506 e. The molecule has 0 amide bonds. The number of aliphatic carboxylic acids is 1. The highest BCUT2D eigenvalue weighted by Crippen LogP contribution is 2.33. The number of benzene rings is 1. The Kier molecular flexibility index (Phi) is 3.65. The fraction of sp³-hybridized carbons (Fsp3) is 0.222. The van der Waals surface area contributed by atoms with Crippen molar-refractivity contribution in [3.8, 4) is 5.75 Å². The maximum atomic E-state index is 13.0. The monoisotopic (exact) mass is 277 g/mol. The van der Waals surface area contributed by atoms with Crippen LogP contribution in [0.3, 0.4) is 0 Å². The van der Waals surface area contributed by atoms with Gasteiger partial charge in [-0.3, -0.25) is 4.79 Å². The van der Waals surface area contributed by atoms with Crippen LogP contribution >= 0.6 is 15.9 Å². The minimum atomic E-state index is -1.20. The summed E-state index contributed by atoms with van der Waals surface area (Å²) in [5.41, 5.74) is 5.21. The van der Waals surface area contributed by atoms with E-state index in [0.29, 0.717) is 0 Å². The molecule has 0 aliphatic carbocycles. The molecule has 0 aliphatic heterocycles. The second-order valence-corrected chi connectivity index (χ2v) is 3.81. The molecule has 0 saturated carbocycles. The Hall–Kier alpha value is -1.14. The lowest BCUT2D eigenvalue weighted by Gasteiger charge is -2.12. The summed E-state index contributed by atoms with van der Waals surface area (Å²) in [5.74, 6) is -3.24. The number of hydrogen-bond acceptors (Lipinski definition) is 3. The van der Waals surface area contributed by atoms with Gasteiger partial charge in [-0.25, -0.2) is 4.39 Å². The van der Waals surface area contributed by atoms with Crippen LogP contribution in [-0.4, -0.2) is 22.7 Å². The number of phenols is 1. The van der Waals surface area contributed by atoms with Crippen LogP contribution in [0.4, 0.5) is 4.39 Å². The summed E-state index contributed by atoms with van der Waals surface area (Å²) < 4.78 is 13.1. The van der Waals surface area contributed by atoms with E-state index in [-0.39, 0.29) is 22.3 Å². The second-order valence-electron chi connectivity index (χ2n) is 2.95. The number of carbonyl (C=O) groups is 1. The zero-order valence-corrected chi connectivity index (χ0v) is 9.16. The van der Waals surface area contributed by atoms with E-state index in [4.69, 9.17) is 10.8 Å². The Morgan fingerprint density at radius 3 is 2.67 bits per heavy atom. The Morgan fingerprint density at radius 1 is 1.60 bits per heavy atom. The van der Waals surface area contributed by atoms with Crippen molar-refractivity contribution in [2.45, 2.75) is 5.92 Å². The van der Waals surface area contributed by atoms with Crippen LogP contribution < -0.4 is 5.73 Å². The Labute approximate surface area is 93.6 Å². The van der Waals surface area contributed by atoms with E-state index in [0.717, 1.165) is 12.1 Å². The first-order valence-corrected chi connectivity index (χ1v) is 4.87. The van der Waals surface area contributed by atoms with Gasteiger partial charge in [0.15, 0.2) is 0 Å². The largest absolute Gasteiger partial charge is 0.506 e. The van der Waals surface area contributed by atoms with E-state index >= 15 is 0 Å². The lowest BCUT2D eigenvalue weighted by atomic mass is 9.98. The van der Waals surface area contributed by atoms with Crippen molar-refractivity contribution in [3.63, 3.8) is 0 Å². The van der Waals surface area contributed by atoms with E-state index in [1.54, 1.807) is 0 Å². The summed E-state index contributed by atoms with van der Waals surface area (Å²) in [6, 6.07) is 2.01. The van der Waals surface area contributed by atoms with Crippen molar-refractivity contribution in [2.24, 2.45) is 5.73 Å². The van der Waals surface area contributed by atoms with Gasteiger partial charge in [-0.05, 0) is 28.1 Å². The van der Waals surface area contributed by atoms with Gasteiger partial charge in [0.05, 0.1) is 10.4 Å². The molecule has 4 nitrogen and oxygen atoms in total. The van der Waals surface area contributed by atoms with Crippen molar-refractivity contribution >= 4 is 21.9 Å². The van der Waals surface area contributed by atoms with E-state index in [1.807, 2.05) is 0 Å². The van der Waals surface area contributed by atoms with Crippen LogP contribution in [0, 0.1) is 5.82 Å². The standard InChI is InChI=1S/C9H9BrFNO3/c10-7-2-4(11)1-5(8(7)13)6(3-12)9(14)15/h1-2,6,13H,3,12H2,(H,14,15). The first kappa shape index (κ1) is 11.9. The molecule has 0 bridgehead atoms. The molecule has 0 heterocycles. The number of carboxylic acids is 1. The molecule has 6 heteroatoms. The number of nitrogens with two attached hydrogens (primary N) is 1. The molecule has 82 valence electrons. The molecule has 0 spiro atoms. The third-order valence-electron chi connectivity index (χ3n) is 1.97. The predicted octanol–water partition coefficient (Wildman–Crippen LogP) is 1.42. The van der Waals surface area contributed by atoms with Crippen molar-refractivity contribution in [1.82, 2.24) is 0 Å². The molecule has 15 heavy (non-hydrogen) atoms. The van der Waals surface area contributed by atoms with E-state index in [9.17, 15) is 14.3 Å². The maximum Gasteiger partial charge on any atom is 0.312 e. The third-order valence-corrected chi connectivity index (χ3v) is 2.57. The third kappa shape index (κ3) is 2.45. The van der Waals surface area contributed by atoms with Gasteiger partial charge in [-0.2, -0.15) is 0 Å². The van der Waals surface area contributed by atoms with Crippen LogP contribution in [0.2, 0.25) is 0 Å². The quantitative estimate of drug-likeness (QED) is 0.780. The molecule has 1 aromatic carbocycles. The predicted molar refractivity (Wildman–Crippen MR) is 55.2 cm³/mol. The summed E-state index contributed by atoms with van der Waals surface area (Å²) in [4.78, 5) is 10.8. The molecule has 0 aliphatic rings. The highest BCUT2D eigenvalue weighted by atomic mass is 79.9. The molecule has 1 atom stereocenters. The molecule has 0 radical (unpaired) electrons. The van der Waals surface area contributed by atoms with E-state index in [2.05, 4.69) is 15.9 Å². The molecule has 4 N–H and O–H groups in total. The zero-order valence-electron chi connectivity index (χ0n) is 7.58. The van der Waals surface area contributed by atoms with Gasteiger partial charge in [0, 0.05) is 12.1 Å². The SMILES string of the molecule is NCC(C(=O)O)c1cc(F)cc(Br)c1O. The van der Waals surface area contributed by atoms with Crippen molar-refractivity contribution < 1.29 is 19.4 Å². The molecule has 0 aromatic heterocycles. The maximum absolute atomic E-state index is 13.0. The van der Waals surface area contributed by atoms with E-state index in [1.165, 1.54) is 0 Å². The number of halogens is 2. The first-order chi connectivity index (χ1) is 6.97. The highest BCUT2D eigenvalue weighted by Gasteiger charge is 2.23. The highest BCUT2D eigenvalue weighted by molar-refractivity contribution is 9.10. The normalized spacial score (nSPS) is 12.5. The summed E-state index contributed by atoms with van der Waals surface area (Å²) in [7, 11) is 0. The molecule has 0 saturated heterocycles. The Morgan fingerprint density at radius 2 is 2.20 bits per heavy atom. The fourth-order valence-electron chi connectivity index (χ4n) is 1.21. The number of hydrogen-bond donors (Lipinski definition) is 3. The van der Waals surface area contributed by atoms with Gasteiger partial charge in [0.25, 0.3) is 0 Å². The molecular formula is C9H9BrFNO3. The topological polar surface area (TPSA) is 83.6 Å². The summed E-state index contributed by atoms with van der Waals surface area (Å²) >= 11 is 2.92. The lowest BCUT2D eigenvalue weighted by molar-refractivity contribution is -0.138. The van der Waals surface area contributed by atoms with Gasteiger partial charge in [0.1, 0.15) is 11.6 Å². The Balaban J connectivity index is 3.28. The average Bonchev–Trinajstić information content (AvgIpc) is 2.13. The van der Waals surface area contributed by atoms with Crippen molar-refractivity contribution in [3.05, 3.63) is 28.0 Å². The van der Waals surface area contributed by atoms with Gasteiger partial charge in [-0.1, -0.05) is 0 Å². The van der Waals surface area contributed by atoms with Crippen LogP contribution in [-0.2, 0) is 4.79 Å². The van der Waals surface area contributed by atoms with Crippen LogP contribution in [0.15, 0.2) is 16.6 Å². The Bertz CT molecular complexity index is 397. The van der Waals surface area contributed by atoms with E-state index < -0.39 is 17.7 Å². The molecule has 1 unspecified atom stereocenters. The average molecular weight is 278 g/mol. The number of aromatic hydroxyl groups is 1. The first-order valence-electron chi connectivity index (χ1n) is 4.08. The second kappa shape index (κ2) is 4.59. The van der Waals surface area contributed by atoms with Crippen LogP contribution in [0.1, 0.15) is 11.5 Å². The molecule has 1 rings (SSSR count). The number of carboxylic acid groups (broad SMARTS) is 1. The number of rotatable bonds is 3. The smallest absolute Gasteiger partial charge is 0.312 e. The summed E-state index contributed by atoms with van der Waals surface area (Å²) in [6.07, 6.45) is 0. The molecule has 0 fully saturated rings.